The van der Waals surface area contributed by atoms with Gasteiger partial charge in [0.25, 0.3) is 0 Å². The van der Waals surface area contributed by atoms with Crippen LogP contribution >= 0.6 is 24.0 Å². The molecule has 0 aromatic rings. The van der Waals surface area contributed by atoms with E-state index in [1.165, 1.54) is 38.8 Å². The maximum absolute atomic E-state index is 11.9. The molecule has 0 radical (unpaired) electrons. The minimum Gasteiger partial charge on any atom is -0.376 e. The van der Waals surface area contributed by atoms with Crippen LogP contribution in [0.4, 0.5) is 0 Å². The fourth-order valence-electron chi connectivity index (χ4n) is 3.58. The van der Waals surface area contributed by atoms with Gasteiger partial charge in [0.1, 0.15) is 6.54 Å². The van der Waals surface area contributed by atoms with Gasteiger partial charge in [-0.15, -0.1) is 24.0 Å². The third kappa shape index (κ3) is 9.73. The van der Waals surface area contributed by atoms with Gasteiger partial charge in [-0.2, -0.15) is 0 Å². The van der Waals surface area contributed by atoms with E-state index in [-0.39, 0.29) is 42.5 Å². The molecule has 0 spiro atoms. The van der Waals surface area contributed by atoms with Crippen molar-refractivity contribution in [3.8, 4) is 0 Å². The molecule has 2 N–H and O–H groups in total. The number of nitrogens with zero attached hydrogens (tertiary/aromatic N) is 3. The molecule has 2 rings (SSSR count). The summed E-state index contributed by atoms with van der Waals surface area (Å²) < 4.78 is 5.79. The SMILES string of the molecule is CC(CCNC(=NCC(=O)N(C)C)NCC1CCCCO1)N1CCCCC1.I. The Morgan fingerprint density at radius 3 is 2.57 bits per heavy atom. The summed E-state index contributed by atoms with van der Waals surface area (Å²) in [5.41, 5.74) is 0. The number of ether oxygens (including phenoxy) is 1. The first-order chi connectivity index (χ1) is 13.1. The molecule has 0 bridgehead atoms. The van der Waals surface area contributed by atoms with E-state index in [9.17, 15) is 4.79 Å². The lowest BCUT2D eigenvalue weighted by Crippen LogP contribution is -2.45. The normalized spacial score (nSPS) is 22.1. The molecule has 7 nitrogen and oxygen atoms in total. The van der Waals surface area contributed by atoms with Crippen LogP contribution in [0.25, 0.3) is 0 Å². The molecule has 2 atom stereocenters. The molecule has 0 aliphatic carbocycles. The van der Waals surface area contributed by atoms with Crippen LogP contribution in [0, 0.1) is 0 Å². The Balaban J connectivity index is 0.00000392. The molecule has 0 aromatic heterocycles. The van der Waals surface area contributed by atoms with Crippen LogP contribution in [0.2, 0.25) is 0 Å². The van der Waals surface area contributed by atoms with Gasteiger partial charge in [0.2, 0.25) is 5.91 Å². The van der Waals surface area contributed by atoms with Crippen LogP contribution < -0.4 is 10.6 Å². The zero-order valence-corrected chi connectivity index (χ0v) is 20.2. The van der Waals surface area contributed by atoms with Crippen LogP contribution in [-0.4, -0.2) is 87.2 Å². The van der Waals surface area contributed by atoms with Crippen LogP contribution in [0.15, 0.2) is 4.99 Å². The van der Waals surface area contributed by atoms with Gasteiger partial charge < -0.3 is 25.2 Å². The number of likely N-dealkylation sites (N-methyl/N-ethyl adjacent to an activating group) is 1. The molecule has 28 heavy (non-hydrogen) atoms. The second kappa shape index (κ2) is 14.4. The molecule has 8 heteroatoms. The van der Waals surface area contributed by atoms with Gasteiger partial charge in [-0.3, -0.25) is 4.79 Å². The zero-order valence-electron chi connectivity index (χ0n) is 17.9. The van der Waals surface area contributed by atoms with E-state index >= 15 is 0 Å². The van der Waals surface area contributed by atoms with Gasteiger partial charge in [0, 0.05) is 39.8 Å². The highest BCUT2D eigenvalue weighted by Gasteiger charge is 2.17. The first kappa shape index (κ1) is 25.4. The Kier molecular flexibility index (Phi) is 13.1. The number of piperidine rings is 1. The highest BCUT2D eigenvalue weighted by molar-refractivity contribution is 14.0. The number of carbonyl (C=O) groups excluding carboxylic acids is 1. The summed E-state index contributed by atoms with van der Waals surface area (Å²) in [6, 6.07) is 0.573. The van der Waals surface area contributed by atoms with E-state index in [4.69, 9.17) is 4.74 Å². The summed E-state index contributed by atoms with van der Waals surface area (Å²) in [4.78, 5) is 20.5. The number of likely N-dealkylation sites (tertiary alicyclic amines) is 1. The number of carbonyl (C=O) groups is 1. The average Bonchev–Trinajstić information content (AvgIpc) is 2.70. The molecule has 164 valence electrons. The number of amides is 1. The lowest BCUT2D eigenvalue weighted by molar-refractivity contribution is -0.127. The predicted molar refractivity (Wildman–Crippen MR) is 126 cm³/mol. The van der Waals surface area contributed by atoms with E-state index < -0.39 is 0 Å². The molecule has 2 aliphatic rings. The summed E-state index contributed by atoms with van der Waals surface area (Å²) >= 11 is 0. The van der Waals surface area contributed by atoms with E-state index in [0.717, 1.165) is 39.0 Å². The summed E-state index contributed by atoms with van der Waals surface area (Å²) in [6.07, 6.45) is 8.78. The first-order valence-electron chi connectivity index (χ1n) is 10.6. The van der Waals surface area contributed by atoms with Crippen LogP contribution in [0.1, 0.15) is 51.9 Å². The van der Waals surface area contributed by atoms with Gasteiger partial charge in [-0.1, -0.05) is 6.42 Å². The van der Waals surface area contributed by atoms with Gasteiger partial charge in [-0.25, -0.2) is 4.99 Å². The monoisotopic (exact) mass is 509 g/mol. The van der Waals surface area contributed by atoms with Crippen molar-refractivity contribution in [2.75, 3.05) is 53.4 Å². The van der Waals surface area contributed by atoms with E-state index in [0.29, 0.717) is 12.0 Å². The van der Waals surface area contributed by atoms with E-state index in [1.54, 1.807) is 19.0 Å². The van der Waals surface area contributed by atoms with Crippen molar-refractivity contribution in [2.24, 2.45) is 4.99 Å². The first-order valence-corrected chi connectivity index (χ1v) is 10.6. The summed E-state index contributed by atoms with van der Waals surface area (Å²) in [5.74, 6) is 0.719. The smallest absolute Gasteiger partial charge is 0.243 e. The van der Waals surface area contributed by atoms with E-state index in [1.807, 2.05) is 0 Å². The predicted octanol–water partition coefficient (Wildman–Crippen LogP) is 2.06. The van der Waals surface area contributed by atoms with Gasteiger partial charge >= 0.3 is 0 Å². The van der Waals surface area contributed by atoms with Crippen molar-refractivity contribution in [3.05, 3.63) is 0 Å². The summed E-state index contributed by atoms with van der Waals surface area (Å²) in [7, 11) is 3.52. The largest absolute Gasteiger partial charge is 0.376 e. The summed E-state index contributed by atoms with van der Waals surface area (Å²) in [5, 5.41) is 6.78. The number of hydrogen-bond donors (Lipinski definition) is 2. The van der Waals surface area contributed by atoms with Gasteiger partial charge in [0.15, 0.2) is 5.96 Å². The number of hydrogen-bond acceptors (Lipinski definition) is 4. The maximum atomic E-state index is 11.9. The van der Waals surface area contributed by atoms with Crippen LogP contribution in [0.3, 0.4) is 0 Å². The molecule has 2 unspecified atom stereocenters. The van der Waals surface area contributed by atoms with Gasteiger partial charge in [-0.05, 0) is 58.5 Å². The molecule has 2 aliphatic heterocycles. The van der Waals surface area contributed by atoms with E-state index in [2.05, 4.69) is 27.4 Å². The quantitative estimate of drug-likeness (QED) is 0.298. The van der Waals surface area contributed by atoms with Gasteiger partial charge in [0.05, 0.1) is 6.10 Å². The average molecular weight is 509 g/mol. The Hall–Kier alpha value is -0.610. The highest BCUT2D eigenvalue weighted by Crippen LogP contribution is 2.13. The van der Waals surface area contributed by atoms with Crippen LogP contribution in [-0.2, 0) is 9.53 Å². The lowest BCUT2D eigenvalue weighted by Gasteiger charge is -2.32. The molecule has 0 aromatic carbocycles. The second-order valence-electron chi connectivity index (χ2n) is 7.98. The lowest BCUT2D eigenvalue weighted by atomic mass is 10.1. The van der Waals surface area contributed by atoms with Crippen molar-refractivity contribution in [1.82, 2.24) is 20.4 Å². The zero-order chi connectivity index (χ0) is 19.5. The third-order valence-electron chi connectivity index (χ3n) is 5.51. The maximum Gasteiger partial charge on any atom is 0.243 e. The molecular formula is C20H40IN5O2. The third-order valence-corrected chi connectivity index (χ3v) is 5.51. The minimum absolute atomic E-state index is 0. The molecular weight excluding hydrogens is 469 g/mol. The summed E-state index contributed by atoms with van der Waals surface area (Å²) in [6.45, 7) is 7.35. The molecule has 2 fully saturated rings. The number of rotatable bonds is 8. The number of guanidine groups is 1. The Labute approximate surface area is 188 Å². The second-order valence-corrected chi connectivity index (χ2v) is 7.98. The molecule has 1 amide bonds. The molecule has 2 saturated heterocycles. The van der Waals surface area contributed by atoms with Crippen molar-refractivity contribution in [1.29, 1.82) is 0 Å². The minimum atomic E-state index is 0. The molecule has 2 heterocycles. The number of nitrogens with one attached hydrogen (secondary N) is 2. The molecule has 0 saturated carbocycles. The Morgan fingerprint density at radius 2 is 1.93 bits per heavy atom. The van der Waals surface area contributed by atoms with Crippen molar-refractivity contribution in [2.45, 2.75) is 64.0 Å². The number of aliphatic imine (C=N–C) groups is 1. The fourth-order valence-corrected chi connectivity index (χ4v) is 3.58. The Bertz CT molecular complexity index is 464. The van der Waals surface area contributed by atoms with Crippen molar-refractivity contribution >= 4 is 35.8 Å². The fraction of sp³-hybridized carbons (Fsp3) is 0.900. The highest BCUT2D eigenvalue weighted by atomic mass is 127. The Morgan fingerprint density at radius 1 is 1.18 bits per heavy atom. The van der Waals surface area contributed by atoms with Crippen molar-refractivity contribution < 1.29 is 9.53 Å². The van der Waals surface area contributed by atoms with Crippen LogP contribution in [0.5, 0.6) is 0 Å². The van der Waals surface area contributed by atoms with Crippen molar-refractivity contribution in [3.63, 3.8) is 0 Å². The number of halogens is 1. The topological polar surface area (TPSA) is 69.2 Å². The standard InChI is InChI=1S/C20H39N5O2.HI/c1-17(25-12-6-4-7-13-25)10-11-21-20(23-16-19(26)24(2)3)22-15-18-9-5-8-14-27-18;/h17-18H,4-16H2,1-3H3,(H2,21,22,23);1H.